The van der Waals surface area contributed by atoms with Gasteiger partial charge in [-0.3, -0.25) is 9.69 Å². The fourth-order valence-corrected chi connectivity index (χ4v) is 4.62. The third-order valence-electron chi connectivity index (χ3n) is 4.24. The second kappa shape index (κ2) is 11.2. The summed E-state index contributed by atoms with van der Waals surface area (Å²) >= 11 is 3.50. The van der Waals surface area contributed by atoms with Crippen LogP contribution in [0.4, 0.5) is 5.69 Å². The molecule has 1 amide bonds. The zero-order valence-electron chi connectivity index (χ0n) is 17.1. The number of halogens is 1. The van der Waals surface area contributed by atoms with Gasteiger partial charge in [0.05, 0.1) is 34.4 Å². The molecule has 0 spiro atoms. The van der Waals surface area contributed by atoms with E-state index in [9.17, 15) is 4.79 Å². The molecule has 0 radical (unpaired) electrons. The summed E-state index contributed by atoms with van der Waals surface area (Å²) in [5, 5.41) is 0.620. The SMILES string of the molecule is C#CCOc1c(I)cc(/C=C2\SC(=Nc3ccccc3)N(CCOC)C2=O)cc1OC. The molecule has 0 atom stereocenters. The van der Waals surface area contributed by atoms with Crippen LogP contribution in [0.3, 0.4) is 0 Å². The first kappa shape index (κ1) is 23.2. The van der Waals surface area contributed by atoms with Gasteiger partial charge in [0, 0.05) is 7.11 Å². The van der Waals surface area contributed by atoms with Crippen molar-refractivity contribution in [2.45, 2.75) is 0 Å². The van der Waals surface area contributed by atoms with Gasteiger partial charge in [-0.05, 0) is 70.3 Å². The second-order valence-corrected chi connectivity index (χ2v) is 8.49. The molecule has 2 aromatic rings. The van der Waals surface area contributed by atoms with Crippen molar-refractivity contribution in [1.29, 1.82) is 0 Å². The third kappa shape index (κ3) is 5.81. The number of hydrogen-bond acceptors (Lipinski definition) is 6. The molecular weight excluding hydrogens is 527 g/mol. The largest absolute Gasteiger partial charge is 0.493 e. The molecule has 0 N–H and O–H groups in total. The number of aliphatic imine (C=N–C) groups is 1. The number of ether oxygens (including phenoxy) is 3. The fraction of sp³-hybridized carbons (Fsp3) is 0.217. The number of hydrogen-bond donors (Lipinski definition) is 0. The maximum Gasteiger partial charge on any atom is 0.266 e. The molecule has 1 aliphatic heterocycles. The molecule has 1 saturated heterocycles. The second-order valence-electron chi connectivity index (χ2n) is 6.32. The van der Waals surface area contributed by atoms with Crippen molar-refractivity contribution >= 4 is 57.2 Å². The first-order chi connectivity index (χ1) is 15.1. The van der Waals surface area contributed by atoms with Crippen LogP contribution in [0.2, 0.25) is 0 Å². The van der Waals surface area contributed by atoms with Crippen LogP contribution in [0, 0.1) is 15.9 Å². The molecule has 1 aliphatic rings. The molecule has 0 aliphatic carbocycles. The molecule has 2 aromatic carbocycles. The van der Waals surface area contributed by atoms with Crippen LogP contribution in [0.5, 0.6) is 11.5 Å². The van der Waals surface area contributed by atoms with Crippen LogP contribution in [0.1, 0.15) is 5.56 Å². The van der Waals surface area contributed by atoms with Crippen LogP contribution in [-0.2, 0) is 9.53 Å². The van der Waals surface area contributed by atoms with Gasteiger partial charge in [-0.15, -0.1) is 6.42 Å². The number of thioether (sulfide) groups is 1. The van der Waals surface area contributed by atoms with Crippen molar-refractivity contribution in [1.82, 2.24) is 4.90 Å². The van der Waals surface area contributed by atoms with Gasteiger partial charge in [0.15, 0.2) is 16.7 Å². The Morgan fingerprint density at radius 2 is 2.03 bits per heavy atom. The topological polar surface area (TPSA) is 60.4 Å². The summed E-state index contributed by atoms with van der Waals surface area (Å²) in [5.41, 5.74) is 1.60. The Kier molecular flexibility index (Phi) is 8.40. The van der Waals surface area contributed by atoms with Crippen LogP contribution < -0.4 is 9.47 Å². The lowest BCUT2D eigenvalue weighted by Gasteiger charge is -2.14. The van der Waals surface area contributed by atoms with Gasteiger partial charge < -0.3 is 14.2 Å². The van der Waals surface area contributed by atoms with Crippen LogP contribution in [-0.4, -0.2) is 50.0 Å². The molecule has 1 fully saturated rings. The Morgan fingerprint density at radius 1 is 1.26 bits per heavy atom. The van der Waals surface area contributed by atoms with Crippen LogP contribution in [0.25, 0.3) is 6.08 Å². The average molecular weight is 548 g/mol. The molecule has 0 bridgehead atoms. The number of amides is 1. The van der Waals surface area contributed by atoms with E-state index in [0.29, 0.717) is 34.7 Å². The van der Waals surface area contributed by atoms with Gasteiger partial charge in [0.1, 0.15) is 6.61 Å². The van der Waals surface area contributed by atoms with E-state index >= 15 is 0 Å². The Hall–Kier alpha value is -2.48. The highest BCUT2D eigenvalue weighted by Gasteiger charge is 2.33. The minimum atomic E-state index is -0.113. The molecule has 31 heavy (non-hydrogen) atoms. The van der Waals surface area contributed by atoms with Crippen molar-refractivity contribution in [2.75, 3.05) is 34.0 Å². The molecule has 0 aromatic heterocycles. The van der Waals surface area contributed by atoms with Gasteiger partial charge in [0.25, 0.3) is 5.91 Å². The highest BCUT2D eigenvalue weighted by molar-refractivity contribution is 14.1. The predicted octanol–water partition coefficient (Wildman–Crippen LogP) is 4.56. The number of carbonyl (C=O) groups is 1. The fourth-order valence-electron chi connectivity index (χ4n) is 2.81. The Bertz CT molecular complexity index is 1050. The third-order valence-corrected chi connectivity index (χ3v) is 6.05. The minimum Gasteiger partial charge on any atom is -0.493 e. The van der Waals surface area contributed by atoms with Gasteiger partial charge in [-0.1, -0.05) is 24.1 Å². The molecule has 1 heterocycles. The summed E-state index contributed by atoms with van der Waals surface area (Å²) in [7, 11) is 3.17. The van der Waals surface area contributed by atoms with E-state index in [2.05, 4.69) is 33.5 Å². The zero-order valence-corrected chi connectivity index (χ0v) is 20.1. The van der Waals surface area contributed by atoms with Crippen molar-refractivity contribution in [3.63, 3.8) is 0 Å². The monoisotopic (exact) mass is 548 g/mol. The van der Waals surface area contributed by atoms with Crippen molar-refractivity contribution in [2.24, 2.45) is 4.99 Å². The van der Waals surface area contributed by atoms with Crippen molar-refractivity contribution in [3.8, 4) is 23.8 Å². The number of terminal acetylenes is 1. The first-order valence-electron chi connectivity index (χ1n) is 9.35. The van der Waals surface area contributed by atoms with E-state index in [-0.39, 0.29) is 12.5 Å². The van der Waals surface area contributed by atoms with E-state index in [1.165, 1.54) is 11.8 Å². The quantitative estimate of drug-likeness (QED) is 0.275. The number of benzene rings is 2. The molecular formula is C23H21IN2O4S. The molecule has 0 unspecified atom stereocenters. The van der Waals surface area contributed by atoms with Gasteiger partial charge in [-0.25, -0.2) is 4.99 Å². The number of methoxy groups -OCH3 is 2. The Morgan fingerprint density at radius 3 is 2.71 bits per heavy atom. The van der Waals surface area contributed by atoms with E-state index in [4.69, 9.17) is 20.6 Å². The van der Waals surface area contributed by atoms with E-state index in [1.54, 1.807) is 19.1 Å². The molecule has 0 saturated carbocycles. The normalized spacial score (nSPS) is 16.1. The number of carbonyl (C=O) groups excluding carboxylic acids is 1. The first-order valence-corrected chi connectivity index (χ1v) is 11.2. The highest BCUT2D eigenvalue weighted by atomic mass is 127. The van der Waals surface area contributed by atoms with E-state index in [1.807, 2.05) is 48.5 Å². The minimum absolute atomic E-state index is 0.113. The number of rotatable bonds is 8. The van der Waals surface area contributed by atoms with Gasteiger partial charge >= 0.3 is 0 Å². The number of amidine groups is 1. The Balaban J connectivity index is 1.95. The van der Waals surface area contributed by atoms with Crippen LogP contribution >= 0.6 is 34.4 Å². The lowest BCUT2D eigenvalue weighted by Crippen LogP contribution is -2.32. The van der Waals surface area contributed by atoms with Gasteiger partial charge in [0.2, 0.25) is 0 Å². The summed E-state index contributed by atoms with van der Waals surface area (Å²) in [4.78, 5) is 20.0. The standard InChI is InChI=1S/C23H21IN2O4S/c1-4-11-30-21-18(24)13-16(14-19(21)29-3)15-20-22(27)26(10-12-28-2)23(31-20)25-17-8-6-5-7-9-17/h1,5-9,13-15H,10-12H2,2-3H3/b20-15-,25-23?. The summed E-state index contributed by atoms with van der Waals surface area (Å²) in [6.45, 7) is 0.986. The summed E-state index contributed by atoms with van der Waals surface area (Å²) in [6, 6.07) is 13.3. The summed E-state index contributed by atoms with van der Waals surface area (Å²) in [6.07, 6.45) is 7.12. The van der Waals surface area contributed by atoms with Gasteiger partial charge in [-0.2, -0.15) is 0 Å². The molecule has 160 valence electrons. The van der Waals surface area contributed by atoms with Crippen molar-refractivity contribution in [3.05, 3.63) is 56.5 Å². The lowest BCUT2D eigenvalue weighted by molar-refractivity contribution is -0.122. The summed E-state index contributed by atoms with van der Waals surface area (Å²) in [5.74, 6) is 3.48. The highest BCUT2D eigenvalue weighted by Crippen LogP contribution is 2.38. The molecule has 3 rings (SSSR count). The lowest BCUT2D eigenvalue weighted by atomic mass is 10.2. The summed E-state index contributed by atoms with van der Waals surface area (Å²) < 4.78 is 17.1. The Labute approximate surface area is 199 Å². The van der Waals surface area contributed by atoms with Crippen LogP contribution in [0.15, 0.2) is 52.4 Å². The predicted molar refractivity (Wildman–Crippen MR) is 133 cm³/mol. The number of para-hydroxylation sites is 1. The van der Waals surface area contributed by atoms with E-state index in [0.717, 1.165) is 14.8 Å². The number of nitrogens with zero attached hydrogens (tertiary/aromatic N) is 2. The maximum absolute atomic E-state index is 13.1. The van der Waals surface area contributed by atoms with Crippen molar-refractivity contribution < 1.29 is 19.0 Å². The molecule has 8 heteroatoms. The average Bonchev–Trinajstić information content (AvgIpc) is 3.05. The maximum atomic E-state index is 13.1. The molecule has 6 nitrogen and oxygen atoms in total. The smallest absolute Gasteiger partial charge is 0.266 e. The van der Waals surface area contributed by atoms with E-state index < -0.39 is 0 Å². The zero-order chi connectivity index (χ0) is 22.2.